The standard InChI is InChI=1S/C23H32N2O4.C18H18N2O5S.C16H17N3O5S.C10H10Cl2O3/c1-7-16-13-15(3)14-17(8-2)18(16)19-20(26)24-9-11-28-12-10-25(24)21(19)29-22(27)23(4,5)6;1-25-16-5-3-2-4-15(16)18(22)20-26(23,24)14-10-6-12(7-11-14)17(21)19-13-8-9-13;1-9-10(15(20)11-8-17-19(2)16(11)21)4-5-13(25(3,22)23)14(9)12-6-7-24-18-12;11-7-3-4-9(8(12)6-7)15-5-1-2-10(13)14/h13-14H,7-12H2,1-6H3;2-7,10-11,13H,8-9H2,1H3,(H,19,21)(H,20,22);4-5,8,21H,6-7H2,1-3H3;3-4,6H,1-2,5H2,(H,13,14). The van der Waals surface area contributed by atoms with Crippen LogP contribution in [-0.4, -0.2) is 127 Å². The van der Waals surface area contributed by atoms with Crippen molar-refractivity contribution in [1.29, 1.82) is 0 Å². The van der Waals surface area contributed by atoms with Crippen LogP contribution in [0.5, 0.6) is 23.3 Å². The Balaban J connectivity index is 0.000000183. The van der Waals surface area contributed by atoms with Gasteiger partial charge in [0.2, 0.25) is 11.8 Å². The number of amides is 2. The lowest BCUT2D eigenvalue weighted by Crippen LogP contribution is -2.31. The number of halogens is 2. The van der Waals surface area contributed by atoms with E-state index in [1.807, 2.05) is 25.5 Å². The Morgan fingerprint density at radius 2 is 1.44 bits per heavy atom. The molecule has 4 heterocycles. The van der Waals surface area contributed by atoms with Gasteiger partial charge in [-0.3, -0.25) is 28.8 Å². The molecule has 0 unspecified atom stereocenters. The van der Waals surface area contributed by atoms with Gasteiger partial charge in [-0.05, 0) is 156 Å². The summed E-state index contributed by atoms with van der Waals surface area (Å²) < 4.78 is 77.5. The van der Waals surface area contributed by atoms with Gasteiger partial charge in [-0.15, -0.1) is 0 Å². The molecule has 0 radical (unpaired) electrons. The number of para-hydroxylation sites is 1. The zero-order valence-corrected chi connectivity index (χ0v) is 57.5. The maximum absolute atomic E-state index is 13.5. The predicted octanol–water partition coefficient (Wildman–Crippen LogP) is 9.87. The minimum Gasteiger partial charge on any atom is -0.496 e. The highest BCUT2D eigenvalue weighted by molar-refractivity contribution is 7.91. The Morgan fingerprint density at radius 1 is 0.789 bits per heavy atom. The number of aliphatic carboxylic acids is 1. The largest absolute Gasteiger partial charge is 0.496 e. The number of esters is 1. The van der Waals surface area contributed by atoms with Crippen LogP contribution in [0.4, 0.5) is 0 Å². The van der Waals surface area contributed by atoms with Gasteiger partial charge in [0.05, 0.1) is 77.7 Å². The summed E-state index contributed by atoms with van der Waals surface area (Å²) in [6.07, 6.45) is 6.90. The van der Waals surface area contributed by atoms with Crippen molar-refractivity contribution in [2.45, 2.75) is 122 Å². The van der Waals surface area contributed by atoms with E-state index in [1.54, 1.807) is 52.7 Å². The number of oxime groups is 1. The number of nitrogens with zero attached hydrogens (tertiary/aromatic N) is 5. The number of ether oxygens (including phenoxy) is 4. The number of carboxylic acid groups (broad SMARTS) is 1. The molecule has 0 bridgehead atoms. The molecule has 95 heavy (non-hydrogen) atoms. The van der Waals surface area contributed by atoms with Crippen molar-refractivity contribution in [3.8, 4) is 34.4 Å². The van der Waals surface area contributed by atoms with Crippen LogP contribution >= 0.6 is 23.2 Å². The summed E-state index contributed by atoms with van der Waals surface area (Å²) in [6.45, 7) is 15.9. The predicted molar refractivity (Wildman–Crippen MR) is 357 cm³/mol. The molecular weight excluding hydrogens is 1310 g/mol. The third-order valence-corrected chi connectivity index (χ3v) is 18.1. The smallest absolute Gasteiger partial charge is 0.317 e. The van der Waals surface area contributed by atoms with Crippen LogP contribution in [0.1, 0.15) is 131 Å². The molecule has 508 valence electrons. The van der Waals surface area contributed by atoms with Crippen LogP contribution in [0, 0.1) is 19.3 Å². The normalized spacial score (nSPS) is 13.5. The van der Waals surface area contributed by atoms with Crippen LogP contribution < -0.4 is 29.8 Å². The van der Waals surface area contributed by atoms with Crippen molar-refractivity contribution >= 4 is 78.3 Å². The highest BCUT2D eigenvalue weighted by Gasteiger charge is 2.33. The molecule has 2 aromatic heterocycles. The van der Waals surface area contributed by atoms with E-state index in [0.717, 1.165) is 48.6 Å². The minimum atomic E-state index is -4.07. The molecule has 7 aromatic rings. The number of aryl methyl sites for hydroxylation is 4. The van der Waals surface area contributed by atoms with Crippen molar-refractivity contribution in [3.63, 3.8) is 0 Å². The molecule has 10 rings (SSSR count). The maximum atomic E-state index is 13.5. The van der Waals surface area contributed by atoms with Crippen LogP contribution in [-0.2, 0) is 72.0 Å². The van der Waals surface area contributed by atoms with Crippen LogP contribution in [0.3, 0.4) is 0 Å². The average molecular weight is 1390 g/mol. The van der Waals surface area contributed by atoms with E-state index in [-0.39, 0.29) is 68.0 Å². The first kappa shape index (κ1) is 73.6. The molecule has 1 saturated carbocycles. The first-order valence-electron chi connectivity index (χ1n) is 30.4. The van der Waals surface area contributed by atoms with Gasteiger partial charge in [-0.25, -0.2) is 35.6 Å². The number of benzene rings is 5. The summed E-state index contributed by atoms with van der Waals surface area (Å²) in [5.41, 5.74) is 6.14. The Morgan fingerprint density at radius 3 is 2.00 bits per heavy atom. The number of aromatic hydroxyl groups is 1. The highest BCUT2D eigenvalue weighted by atomic mass is 35.5. The van der Waals surface area contributed by atoms with Gasteiger partial charge in [0.15, 0.2) is 15.6 Å². The van der Waals surface area contributed by atoms with Crippen molar-refractivity contribution < 1.29 is 74.8 Å². The first-order valence-corrected chi connectivity index (χ1v) is 34.5. The second-order valence-corrected chi connectivity index (χ2v) is 27.8. The second kappa shape index (κ2) is 32.1. The van der Waals surface area contributed by atoms with E-state index in [9.17, 15) is 50.7 Å². The van der Waals surface area contributed by atoms with Gasteiger partial charge < -0.3 is 39.3 Å². The van der Waals surface area contributed by atoms with Crippen molar-refractivity contribution in [2.75, 3.05) is 39.8 Å². The molecule has 1 fully saturated rings. The molecule has 28 heteroatoms. The van der Waals surface area contributed by atoms with Gasteiger partial charge in [0, 0.05) is 53.9 Å². The summed E-state index contributed by atoms with van der Waals surface area (Å²) >= 11 is 11.5. The number of fused-ring (bicyclic) bond motifs is 1. The molecular formula is C67H77Cl2N7O17S2. The van der Waals surface area contributed by atoms with Gasteiger partial charge in [-0.1, -0.05) is 72.0 Å². The number of sulfone groups is 1. The summed E-state index contributed by atoms with van der Waals surface area (Å²) in [6, 6.07) is 23.9. The molecule has 3 aliphatic rings. The molecule has 1 aliphatic carbocycles. The van der Waals surface area contributed by atoms with Crippen molar-refractivity contribution in [1.82, 2.24) is 29.2 Å². The number of aromatic nitrogens is 4. The van der Waals surface area contributed by atoms with Crippen molar-refractivity contribution in [3.05, 3.63) is 168 Å². The molecule has 2 aliphatic heterocycles. The zero-order valence-electron chi connectivity index (χ0n) is 54.3. The second-order valence-electron chi connectivity index (χ2n) is 23.3. The lowest BCUT2D eigenvalue weighted by molar-refractivity contribution is -0.143. The fourth-order valence-electron chi connectivity index (χ4n) is 9.96. The van der Waals surface area contributed by atoms with Crippen LogP contribution in [0.25, 0.3) is 11.1 Å². The summed E-state index contributed by atoms with van der Waals surface area (Å²) in [5, 5.41) is 29.9. The number of carbonyl (C=O) groups is 5. The highest BCUT2D eigenvalue weighted by Crippen LogP contribution is 2.37. The fourth-order valence-corrected chi connectivity index (χ4v) is 12.3. The molecule has 0 saturated heterocycles. The third-order valence-electron chi connectivity index (χ3n) is 15.1. The van der Waals surface area contributed by atoms with E-state index < -0.39 is 42.9 Å². The first-order chi connectivity index (χ1) is 44.9. The Hall–Kier alpha value is -8.82. The molecule has 0 atom stereocenters. The molecule has 5 aromatic carbocycles. The van der Waals surface area contributed by atoms with Crippen molar-refractivity contribution in [2.24, 2.45) is 17.6 Å². The quantitative estimate of drug-likeness (QED) is 0.0332. The topological polar surface area (TPSA) is 321 Å². The Kier molecular flexibility index (Phi) is 24.8. The van der Waals surface area contributed by atoms with E-state index in [1.165, 1.54) is 73.1 Å². The molecule has 2 amide bonds. The number of methoxy groups -OCH3 is 1. The molecule has 0 spiro atoms. The Labute approximate surface area is 561 Å². The van der Waals surface area contributed by atoms with E-state index in [4.69, 9.17) is 52.1 Å². The van der Waals surface area contributed by atoms with E-state index in [2.05, 4.69) is 48.5 Å². The minimum absolute atomic E-state index is 0.0493. The number of rotatable bonds is 19. The van der Waals surface area contributed by atoms with Gasteiger partial charge in [0.1, 0.15) is 29.2 Å². The number of nitrogens with one attached hydrogen (secondary N) is 2. The number of carbonyl (C=O) groups excluding carboxylic acids is 4. The van der Waals surface area contributed by atoms with Gasteiger partial charge in [-0.2, -0.15) is 5.10 Å². The number of hydrogen-bond acceptors (Lipinski definition) is 18. The zero-order chi connectivity index (χ0) is 69.7. The lowest BCUT2D eigenvalue weighted by Gasteiger charge is -2.19. The van der Waals surface area contributed by atoms with Gasteiger partial charge in [0.25, 0.3) is 27.4 Å². The van der Waals surface area contributed by atoms with Crippen LogP contribution in [0.15, 0.2) is 117 Å². The summed E-state index contributed by atoms with van der Waals surface area (Å²) in [7, 11) is -4.68. The van der Waals surface area contributed by atoms with E-state index >= 15 is 0 Å². The molecule has 4 N–H and O–H groups in total. The van der Waals surface area contributed by atoms with Gasteiger partial charge >= 0.3 is 11.9 Å². The lowest BCUT2D eigenvalue weighted by atomic mass is 9.91. The number of sulfonamides is 1. The SMILES string of the molecule is CCc1cc(C)cc(CC)c1-c1c(OC(=O)C(C)(C)C)n2n(c1=O)CCOCC2.COc1ccccc1C(=O)NS(=O)(=O)c1ccc(C(=O)NC2CC2)cc1.Cc1c(C(=O)c2cnn(C)c2O)ccc(S(C)(=O)=O)c1C1=NOCC1.O=C(O)CCCOc1ccc(Cl)cc1Cl. The number of hydrogen-bond donors (Lipinski definition) is 4. The van der Waals surface area contributed by atoms with Crippen LogP contribution in [0.2, 0.25) is 10.0 Å². The summed E-state index contributed by atoms with van der Waals surface area (Å²) in [5.74, 6) is -1.78. The third kappa shape index (κ3) is 18.8. The monoisotopic (exact) mass is 1390 g/mol. The maximum Gasteiger partial charge on any atom is 0.317 e. The van der Waals surface area contributed by atoms with E-state index in [0.29, 0.717) is 102 Å². The average Bonchev–Trinajstić information content (AvgIpc) is 1.64. The molecule has 24 nitrogen and oxygen atoms in total. The number of ketones is 1. The summed E-state index contributed by atoms with van der Waals surface area (Å²) in [4.78, 5) is 78.6. The Bertz CT molecular complexity index is 4320. The number of carboxylic acids is 1. The fraction of sp³-hybridized carbons (Fsp3) is 0.373.